The molecule has 0 unspecified atom stereocenters. The van der Waals surface area contributed by atoms with Crippen LogP contribution in [0.25, 0.3) is 0 Å². The Bertz CT molecular complexity index is 515. The van der Waals surface area contributed by atoms with E-state index in [-0.39, 0.29) is 23.6 Å². The molecule has 0 saturated heterocycles. The number of carbonyl (C=O) groups excluding carboxylic acids is 1. The zero-order chi connectivity index (χ0) is 15.4. The summed E-state index contributed by atoms with van der Waals surface area (Å²) in [5.74, 6) is -1.27. The van der Waals surface area contributed by atoms with Gasteiger partial charge in [-0.3, -0.25) is 9.59 Å². The molecule has 6 heteroatoms. The Morgan fingerprint density at radius 3 is 2.52 bits per heavy atom. The number of benzene rings is 1. The van der Waals surface area contributed by atoms with Crippen molar-refractivity contribution in [3.05, 3.63) is 29.8 Å². The van der Waals surface area contributed by atoms with E-state index in [1.165, 1.54) is 0 Å². The number of phenols is 1. The highest BCUT2D eigenvalue weighted by Crippen LogP contribution is 2.25. The lowest BCUT2D eigenvalue weighted by Crippen LogP contribution is -2.45. The van der Waals surface area contributed by atoms with E-state index >= 15 is 0 Å². The van der Waals surface area contributed by atoms with E-state index in [0.29, 0.717) is 25.7 Å². The van der Waals surface area contributed by atoms with Crippen LogP contribution in [0.5, 0.6) is 5.75 Å². The zero-order valence-electron chi connectivity index (χ0n) is 11.7. The molecule has 6 nitrogen and oxygen atoms in total. The summed E-state index contributed by atoms with van der Waals surface area (Å²) in [4.78, 5) is 22.9. The van der Waals surface area contributed by atoms with E-state index in [9.17, 15) is 14.7 Å². The van der Waals surface area contributed by atoms with Crippen molar-refractivity contribution in [1.29, 1.82) is 0 Å². The number of aromatic hydroxyl groups is 1. The first-order valence-electron chi connectivity index (χ1n) is 7.02. The molecule has 1 fully saturated rings. The number of hydrogen-bond acceptors (Lipinski definition) is 4. The molecule has 1 saturated carbocycles. The first-order chi connectivity index (χ1) is 9.95. The van der Waals surface area contributed by atoms with Crippen molar-refractivity contribution >= 4 is 11.9 Å². The van der Waals surface area contributed by atoms with E-state index in [0.717, 1.165) is 5.56 Å². The van der Waals surface area contributed by atoms with Crippen LogP contribution in [0.3, 0.4) is 0 Å². The minimum Gasteiger partial charge on any atom is -0.508 e. The molecule has 0 aliphatic heterocycles. The van der Waals surface area contributed by atoms with E-state index in [4.69, 9.17) is 10.8 Å². The maximum Gasteiger partial charge on any atom is 0.306 e. The van der Waals surface area contributed by atoms with Crippen molar-refractivity contribution in [3.63, 3.8) is 0 Å². The number of carboxylic acids is 1. The third-order valence-electron chi connectivity index (χ3n) is 3.86. The van der Waals surface area contributed by atoms with Crippen molar-refractivity contribution in [3.8, 4) is 5.75 Å². The Labute approximate surface area is 123 Å². The SMILES string of the molecule is N[C@H](Cc1ccc(O)cc1)C(=O)N[C@H]1CC[C@@H](C(=O)O)C1. The minimum absolute atomic E-state index is 0.107. The smallest absolute Gasteiger partial charge is 0.306 e. The second-order valence-corrected chi connectivity index (χ2v) is 5.53. The van der Waals surface area contributed by atoms with Gasteiger partial charge in [0.25, 0.3) is 0 Å². The highest BCUT2D eigenvalue weighted by atomic mass is 16.4. The van der Waals surface area contributed by atoms with Gasteiger partial charge in [0.15, 0.2) is 0 Å². The number of nitrogens with two attached hydrogens (primary N) is 1. The van der Waals surface area contributed by atoms with E-state index in [2.05, 4.69) is 5.32 Å². The molecule has 0 radical (unpaired) electrons. The Hall–Kier alpha value is -2.08. The second kappa shape index (κ2) is 6.58. The first-order valence-corrected chi connectivity index (χ1v) is 7.02. The van der Waals surface area contributed by atoms with Gasteiger partial charge >= 0.3 is 5.97 Å². The first kappa shape index (κ1) is 15.3. The van der Waals surface area contributed by atoms with Gasteiger partial charge in [-0.15, -0.1) is 0 Å². The Morgan fingerprint density at radius 2 is 1.95 bits per heavy atom. The summed E-state index contributed by atoms with van der Waals surface area (Å²) in [6.45, 7) is 0. The molecule has 1 aromatic carbocycles. The monoisotopic (exact) mass is 292 g/mol. The van der Waals surface area contributed by atoms with Crippen LogP contribution in [-0.4, -0.2) is 34.2 Å². The van der Waals surface area contributed by atoms with Crippen molar-refractivity contribution in [2.45, 2.75) is 37.8 Å². The third-order valence-corrected chi connectivity index (χ3v) is 3.86. The lowest BCUT2D eigenvalue weighted by atomic mass is 10.1. The molecule has 0 bridgehead atoms. The minimum atomic E-state index is -0.805. The van der Waals surface area contributed by atoms with Crippen LogP contribution in [0.4, 0.5) is 0 Å². The molecule has 3 atom stereocenters. The maximum absolute atomic E-state index is 12.0. The molecule has 0 aromatic heterocycles. The van der Waals surface area contributed by atoms with E-state index in [1.807, 2.05) is 0 Å². The molecular formula is C15H20N2O4. The van der Waals surface area contributed by atoms with Crippen LogP contribution < -0.4 is 11.1 Å². The largest absolute Gasteiger partial charge is 0.508 e. The van der Waals surface area contributed by atoms with Crippen molar-refractivity contribution in [2.24, 2.45) is 11.7 Å². The van der Waals surface area contributed by atoms with Crippen molar-refractivity contribution < 1.29 is 19.8 Å². The summed E-state index contributed by atoms with van der Waals surface area (Å²) in [5.41, 5.74) is 6.73. The Kier molecular flexibility index (Phi) is 4.80. The molecule has 2 rings (SSSR count). The summed E-state index contributed by atoms with van der Waals surface area (Å²) in [7, 11) is 0. The molecule has 0 spiro atoms. The summed E-state index contributed by atoms with van der Waals surface area (Å²) in [6, 6.07) is 5.75. The maximum atomic E-state index is 12.0. The number of phenolic OH excluding ortho intramolecular Hbond substituents is 1. The van der Waals surface area contributed by atoms with Gasteiger partial charge in [0.05, 0.1) is 12.0 Å². The molecule has 1 amide bonds. The quantitative estimate of drug-likeness (QED) is 0.636. The fourth-order valence-corrected chi connectivity index (χ4v) is 2.62. The molecule has 1 aromatic rings. The van der Waals surface area contributed by atoms with Gasteiger partial charge in [0.1, 0.15) is 5.75 Å². The number of rotatable bonds is 5. The summed E-state index contributed by atoms with van der Waals surface area (Å²) in [5, 5.41) is 21.0. The van der Waals surface area contributed by atoms with Crippen LogP contribution in [0, 0.1) is 5.92 Å². The summed E-state index contributed by atoms with van der Waals surface area (Å²) >= 11 is 0. The number of nitrogens with one attached hydrogen (secondary N) is 1. The number of aliphatic carboxylic acids is 1. The standard InChI is InChI=1S/C15H20N2O4/c16-13(7-9-1-5-12(18)6-2-9)14(19)17-11-4-3-10(8-11)15(20)21/h1-2,5-6,10-11,13,18H,3-4,7-8,16H2,(H,17,19)(H,20,21)/t10-,11+,13-/m1/s1. The fraction of sp³-hybridized carbons (Fsp3) is 0.467. The number of carboxylic acid groups (broad SMARTS) is 1. The summed E-state index contributed by atoms with van der Waals surface area (Å²) in [6.07, 6.45) is 2.11. The molecule has 21 heavy (non-hydrogen) atoms. The van der Waals surface area contributed by atoms with Gasteiger partial charge in [-0.25, -0.2) is 0 Å². The van der Waals surface area contributed by atoms with E-state index in [1.54, 1.807) is 24.3 Å². The topological polar surface area (TPSA) is 113 Å². The second-order valence-electron chi connectivity index (χ2n) is 5.53. The predicted molar refractivity (Wildman–Crippen MR) is 76.7 cm³/mol. The summed E-state index contributed by atoms with van der Waals surface area (Å²) < 4.78 is 0. The van der Waals surface area contributed by atoms with Crippen molar-refractivity contribution in [1.82, 2.24) is 5.32 Å². The Balaban J connectivity index is 1.83. The highest BCUT2D eigenvalue weighted by Gasteiger charge is 2.31. The van der Waals surface area contributed by atoms with Gasteiger partial charge in [0, 0.05) is 6.04 Å². The van der Waals surface area contributed by atoms with Crippen LogP contribution in [0.1, 0.15) is 24.8 Å². The van der Waals surface area contributed by atoms with E-state index < -0.39 is 12.0 Å². The fourth-order valence-electron chi connectivity index (χ4n) is 2.62. The van der Waals surface area contributed by atoms with Crippen LogP contribution in [0.15, 0.2) is 24.3 Å². The average molecular weight is 292 g/mol. The number of carbonyl (C=O) groups is 2. The zero-order valence-corrected chi connectivity index (χ0v) is 11.7. The van der Waals surface area contributed by atoms with Gasteiger partial charge in [-0.05, 0) is 43.4 Å². The van der Waals surface area contributed by atoms with Crippen molar-refractivity contribution in [2.75, 3.05) is 0 Å². The average Bonchev–Trinajstić information content (AvgIpc) is 2.90. The molecule has 114 valence electrons. The molecule has 1 aliphatic rings. The number of amides is 1. The van der Waals surface area contributed by atoms with Crippen LogP contribution >= 0.6 is 0 Å². The lowest BCUT2D eigenvalue weighted by molar-refractivity contribution is -0.141. The molecule has 0 heterocycles. The normalized spacial score (nSPS) is 22.7. The van der Waals surface area contributed by atoms with Gasteiger partial charge in [-0.2, -0.15) is 0 Å². The van der Waals surface area contributed by atoms with Crippen LogP contribution in [-0.2, 0) is 16.0 Å². The molecule has 1 aliphatic carbocycles. The third kappa shape index (κ3) is 4.19. The Morgan fingerprint density at radius 1 is 1.29 bits per heavy atom. The highest BCUT2D eigenvalue weighted by molar-refractivity contribution is 5.82. The molecular weight excluding hydrogens is 272 g/mol. The molecule has 5 N–H and O–H groups in total. The predicted octanol–water partition coefficient (Wildman–Crippen LogP) is 0.631. The number of hydrogen-bond donors (Lipinski definition) is 4. The van der Waals surface area contributed by atoms with Gasteiger partial charge in [-0.1, -0.05) is 12.1 Å². The van der Waals surface area contributed by atoms with Gasteiger partial charge < -0.3 is 21.3 Å². The van der Waals surface area contributed by atoms with Crippen LogP contribution in [0.2, 0.25) is 0 Å². The van der Waals surface area contributed by atoms with Gasteiger partial charge in [0.2, 0.25) is 5.91 Å². The lowest BCUT2D eigenvalue weighted by Gasteiger charge is -2.17.